The van der Waals surface area contributed by atoms with E-state index in [0.29, 0.717) is 12.5 Å². The molecule has 2 rings (SSSR count). The van der Waals surface area contributed by atoms with Crippen LogP contribution in [0.4, 0.5) is 4.39 Å². The third-order valence-corrected chi connectivity index (χ3v) is 3.43. The number of halogens is 1. The van der Waals surface area contributed by atoms with Crippen LogP contribution < -0.4 is 5.32 Å². The van der Waals surface area contributed by atoms with Gasteiger partial charge in [0.15, 0.2) is 0 Å². The number of nitrogens with zero attached hydrogens (tertiary/aromatic N) is 1. The van der Waals surface area contributed by atoms with E-state index < -0.39 is 0 Å². The molecule has 0 aliphatic carbocycles. The van der Waals surface area contributed by atoms with Gasteiger partial charge < -0.3 is 10.2 Å². The summed E-state index contributed by atoms with van der Waals surface area (Å²) in [7, 11) is 2.17. The van der Waals surface area contributed by atoms with Crippen LogP contribution in [0.1, 0.15) is 18.4 Å². The summed E-state index contributed by atoms with van der Waals surface area (Å²) in [5, 5.41) is 3.37. The Morgan fingerprint density at radius 3 is 3.00 bits per heavy atom. The number of piperidine rings is 1. The molecule has 0 aromatic heterocycles. The predicted molar refractivity (Wildman–Crippen MR) is 68.3 cm³/mol. The van der Waals surface area contributed by atoms with Crippen molar-refractivity contribution in [2.75, 3.05) is 26.7 Å². The first-order valence-electron chi connectivity index (χ1n) is 6.38. The lowest BCUT2D eigenvalue weighted by atomic mass is 9.98. The van der Waals surface area contributed by atoms with E-state index >= 15 is 0 Å². The minimum Gasteiger partial charge on any atom is -0.312 e. The Bertz CT molecular complexity index is 354. The first-order chi connectivity index (χ1) is 8.25. The molecule has 1 atom stereocenters. The molecule has 0 spiro atoms. The lowest BCUT2D eigenvalue weighted by molar-refractivity contribution is 0.206. The Hall–Kier alpha value is -0.930. The number of hydrogen-bond donors (Lipinski definition) is 1. The molecule has 2 nitrogen and oxygen atoms in total. The number of hydrogen-bond acceptors (Lipinski definition) is 2. The SMILES string of the molecule is CN1CCCC(CNCc2ccccc2F)C1. The molecule has 1 aliphatic rings. The molecule has 1 heterocycles. The van der Waals surface area contributed by atoms with E-state index in [9.17, 15) is 4.39 Å². The topological polar surface area (TPSA) is 15.3 Å². The summed E-state index contributed by atoms with van der Waals surface area (Å²) < 4.78 is 13.4. The summed E-state index contributed by atoms with van der Waals surface area (Å²) in [6.07, 6.45) is 2.57. The molecule has 1 saturated heterocycles. The summed E-state index contributed by atoms with van der Waals surface area (Å²) >= 11 is 0. The van der Waals surface area contributed by atoms with Crippen LogP contribution >= 0.6 is 0 Å². The highest BCUT2D eigenvalue weighted by Gasteiger charge is 2.16. The van der Waals surface area contributed by atoms with Crippen molar-refractivity contribution in [1.29, 1.82) is 0 Å². The quantitative estimate of drug-likeness (QED) is 0.862. The van der Waals surface area contributed by atoms with Gasteiger partial charge in [-0.1, -0.05) is 18.2 Å². The molecule has 0 amide bonds. The van der Waals surface area contributed by atoms with E-state index in [1.165, 1.54) is 25.5 Å². The standard InChI is InChI=1S/C14H21FN2/c1-17-8-4-5-12(11-17)9-16-10-13-6-2-3-7-14(13)15/h2-3,6-7,12,16H,4-5,8-11H2,1H3. The van der Waals surface area contributed by atoms with E-state index in [-0.39, 0.29) is 5.82 Å². The molecular formula is C14H21FN2. The second-order valence-electron chi connectivity index (χ2n) is 4.99. The zero-order valence-corrected chi connectivity index (χ0v) is 10.5. The molecule has 1 aliphatic heterocycles. The largest absolute Gasteiger partial charge is 0.312 e. The molecule has 0 bridgehead atoms. The maximum Gasteiger partial charge on any atom is 0.127 e. The van der Waals surface area contributed by atoms with E-state index in [0.717, 1.165) is 18.7 Å². The van der Waals surface area contributed by atoms with Crippen LogP contribution in [0.25, 0.3) is 0 Å². The Morgan fingerprint density at radius 2 is 2.24 bits per heavy atom. The van der Waals surface area contributed by atoms with Gasteiger partial charge in [0.2, 0.25) is 0 Å². The van der Waals surface area contributed by atoms with Crippen molar-refractivity contribution in [2.24, 2.45) is 5.92 Å². The summed E-state index contributed by atoms with van der Waals surface area (Å²) in [6, 6.07) is 6.98. The number of nitrogens with one attached hydrogen (secondary N) is 1. The Balaban J connectivity index is 1.74. The number of likely N-dealkylation sites (tertiary alicyclic amines) is 1. The Labute approximate surface area is 103 Å². The van der Waals surface area contributed by atoms with Crippen molar-refractivity contribution in [2.45, 2.75) is 19.4 Å². The average molecular weight is 236 g/mol. The highest BCUT2D eigenvalue weighted by atomic mass is 19.1. The summed E-state index contributed by atoms with van der Waals surface area (Å²) in [6.45, 7) is 3.99. The first kappa shape index (κ1) is 12.5. The molecule has 1 fully saturated rings. The Kier molecular flexibility index (Phi) is 4.51. The smallest absolute Gasteiger partial charge is 0.127 e. The second kappa shape index (κ2) is 6.12. The van der Waals surface area contributed by atoms with Crippen LogP contribution in [0.15, 0.2) is 24.3 Å². The third-order valence-electron chi connectivity index (χ3n) is 3.43. The van der Waals surface area contributed by atoms with E-state index in [4.69, 9.17) is 0 Å². The van der Waals surface area contributed by atoms with Gasteiger partial charge in [0.25, 0.3) is 0 Å². The molecule has 0 radical (unpaired) electrons. The van der Waals surface area contributed by atoms with Crippen LogP contribution in [0.5, 0.6) is 0 Å². The molecule has 1 N–H and O–H groups in total. The predicted octanol–water partition coefficient (Wildman–Crippen LogP) is 2.26. The zero-order chi connectivity index (χ0) is 12.1. The van der Waals surface area contributed by atoms with Gasteiger partial charge in [-0.2, -0.15) is 0 Å². The van der Waals surface area contributed by atoms with Gasteiger partial charge >= 0.3 is 0 Å². The fourth-order valence-corrected chi connectivity index (χ4v) is 2.49. The molecule has 94 valence electrons. The van der Waals surface area contributed by atoms with Gasteiger partial charge in [0, 0.05) is 18.7 Å². The van der Waals surface area contributed by atoms with Crippen molar-refractivity contribution in [1.82, 2.24) is 10.2 Å². The average Bonchev–Trinajstić information content (AvgIpc) is 2.32. The molecule has 3 heteroatoms. The minimum absolute atomic E-state index is 0.110. The number of benzene rings is 1. The van der Waals surface area contributed by atoms with Crippen LogP contribution in [-0.4, -0.2) is 31.6 Å². The van der Waals surface area contributed by atoms with Crippen molar-refractivity contribution >= 4 is 0 Å². The maximum atomic E-state index is 13.4. The summed E-state index contributed by atoms with van der Waals surface area (Å²) in [4.78, 5) is 2.37. The van der Waals surface area contributed by atoms with Gasteiger partial charge in [-0.15, -0.1) is 0 Å². The van der Waals surface area contributed by atoms with Crippen molar-refractivity contribution < 1.29 is 4.39 Å². The van der Waals surface area contributed by atoms with Gasteiger partial charge in [-0.3, -0.25) is 0 Å². The molecule has 1 unspecified atom stereocenters. The van der Waals surface area contributed by atoms with Crippen LogP contribution in [0.3, 0.4) is 0 Å². The fourth-order valence-electron chi connectivity index (χ4n) is 2.49. The fraction of sp³-hybridized carbons (Fsp3) is 0.571. The first-order valence-corrected chi connectivity index (χ1v) is 6.38. The van der Waals surface area contributed by atoms with E-state index in [1.807, 2.05) is 12.1 Å². The normalized spacial score (nSPS) is 21.6. The van der Waals surface area contributed by atoms with Crippen molar-refractivity contribution in [3.63, 3.8) is 0 Å². The van der Waals surface area contributed by atoms with Gasteiger partial charge in [-0.05, 0) is 45.0 Å². The monoisotopic (exact) mass is 236 g/mol. The highest BCUT2D eigenvalue weighted by molar-refractivity contribution is 5.16. The zero-order valence-electron chi connectivity index (χ0n) is 10.5. The maximum absolute atomic E-state index is 13.4. The van der Waals surface area contributed by atoms with Crippen molar-refractivity contribution in [3.8, 4) is 0 Å². The number of rotatable bonds is 4. The van der Waals surface area contributed by atoms with Crippen LogP contribution in [0, 0.1) is 11.7 Å². The van der Waals surface area contributed by atoms with Crippen LogP contribution in [0.2, 0.25) is 0 Å². The summed E-state index contributed by atoms with van der Waals surface area (Å²) in [5.41, 5.74) is 0.761. The van der Waals surface area contributed by atoms with Gasteiger partial charge in [0.05, 0.1) is 0 Å². The molecule has 1 aromatic carbocycles. The molecule has 1 aromatic rings. The minimum atomic E-state index is -0.110. The molecular weight excluding hydrogens is 215 g/mol. The molecule has 0 saturated carbocycles. The summed E-state index contributed by atoms with van der Waals surface area (Å²) in [5.74, 6) is 0.598. The second-order valence-corrected chi connectivity index (χ2v) is 4.99. The van der Waals surface area contributed by atoms with Gasteiger partial charge in [0.1, 0.15) is 5.82 Å². The van der Waals surface area contributed by atoms with E-state index in [2.05, 4.69) is 17.3 Å². The van der Waals surface area contributed by atoms with E-state index in [1.54, 1.807) is 6.07 Å². The van der Waals surface area contributed by atoms with Crippen molar-refractivity contribution in [3.05, 3.63) is 35.6 Å². The lowest BCUT2D eigenvalue weighted by Crippen LogP contribution is -2.37. The van der Waals surface area contributed by atoms with Gasteiger partial charge in [-0.25, -0.2) is 4.39 Å². The highest BCUT2D eigenvalue weighted by Crippen LogP contribution is 2.14. The Morgan fingerprint density at radius 1 is 1.41 bits per heavy atom. The lowest BCUT2D eigenvalue weighted by Gasteiger charge is -2.29. The van der Waals surface area contributed by atoms with Crippen LogP contribution in [-0.2, 0) is 6.54 Å². The third kappa shape index (κ3) is 3.79. The molecule has 17 heavy (non-hydrogen) atoms.